The second kappa shape index (κ2) is 4.36. The minimum absolute atomic E-state index is 0.732. The van der Waals surface area contributed by atoms with Crippen molar-refractivity contribution in [3.63, 3.8) is 0 Å². The summed E-state index contributed by atoms with van der Waals surface area (Å²) in [4.78, 5) is 4.17. The van der Waals surface area contributed by atoms with Crippen molar-refractivity contribution in [2.45, 2.75) is 6.54 Å². The van der Waals surface area contributed by atoms with Gasteiger partial charge in [-0.1, -0.05) is 29.8 Å². The van der Waals surface area contributed by atoms with Gasteiger partial charge in [0, 0.05) is 24.5 Å². The summed E-state index contributed by atoms with van der Waals surface area (Å²) in [5, 5.41) is 3.81. The molecule has 1 aromatic heterocycles. The zero-order chi connectivity index (χ0) is 10.7. The van der Waals surface area contributed by atoms with E-state index in [0.29, 0.717) is 0 Å². The first kappa shape index (κ1) is 10.1. The number of benzene rings is 1. The van der Waals surface area contributed by atoms with Crippen LogP contribution in [0.15, 0.2) is 36.7 Å². The lowest BCUT2D eigenvalue weighted by atomic mass is 10.2. The van der Waals surface area contributed by atoms with Gasteiger partial charge in [-0.3, -0.25) is 0 Å². The fourth-order valence-corrected chi connectivity index (χ4v) is 1.67. The number of nitrogens with zero attached hydrogens (tertiary/aromatic N) is 2. The SMILES string of the molecule is CNc1nccn1Cc1ccccc1Cl. The van der Waals surface area contributed by atoms with E-state index in [0.717, 1.165) is 23.1 Å². The third-order valence-corrected chi connectivity index (χ3v) is 2.61. The number of nitrogens with one attached hydrogen (secondary N) is 1. The van der Waals surface area contributed by atoms with Gasteiger partial charge in [0.1, 0.15) is 0 Å². The highest BCUT2D eigenvalue weighted by atomic mass is 35.5. The highest BCUT2D eigenvalue weighted by Gasteiger charge is 2.03. The quantitative estimate of drug-likeness (QED) is 0.864. The first-order valence-electron chi connectivity index (χ1n) is 4.73. The molecule has 15 heavy (non-hydrogen) atoms. The molecule has 0 aliphatic carbocycles. The molecule has 0 atom stereocenters. The molecule has 0 fully saturated rings. The van der Waals surface area contributed by atoms with Crippen LogP contribution in [0.25, 0.3) is 0 Å². The van der Waals surface area contributed by atoms with Crippen LogP contribution in [-0.2, 0) is 6.54 Å². The number of hydrogen-bond acceptors (Lipinski definition) is 2. The van der Waals surface area contributed by atoms with E-state index in [1.807, 2.05) is 42.1 Å². The van der Waals surface area contributed by atoms with Crippen molar-refractivity contribution in [1.29, 1.82) is 0 Å². The fraction of sp³-hybridized carbons (Fsp3) is 0.182. The van der Waals surface area contributed by atoms with Gasteiger partial charge in [-0.2, -0.15) is 0 Å². The Bertz CT molecular complexity index is 451. The molecule has 0 saturated heterocycles. The van der Waals surface area contributed by atoms with Gasteiger partial charge < -0.3 is 9.88 Å². The van der Waals surface area contributed by atoms with Crippen molar-refractivity contribution in [1.82, 2.24) is 9.55 Å². The summed E-state index contributed by atoms with van der Waals surface area (Å²) in [6, 6.07) is 7.82. The van der Waals surface area contributed by atoms with Gasteiger partial charge in [-0.25, -0.2) is 4.98 Å². The molecule has 0 aliphatic rings. The van der Waals surface area contributed by atoms with Gasteiger partial charge in [0.2, 0.25) is 5.95 Å². The molecule has 0 amide bonds. The van der Waals surface area contributed by atoms with Crippen LogP contribution in [0, 0.1) is 0 Å². The first-order chi connectivity index (χ1) is 7.31. The predicted octanol–water partition coefficient (Wildman–Crippen LogP) is 2.63. The van der Waals surface area contributed by atoms with Crippen molar-refractivity contribution in [2.75, 3.05) is 12.4 Å². The Morgan fingerprint density at radius 1 is 1.40 bits per heavy atom. The molecule has 0 unspecified atom stereocenters. The Morgan fingerprint density at radius 2 is 2.20 bits per heavy atom. The predicted molar refractivity (Wildman–Crippen MR) is 62.3 cm³/mol. The van der Waals surface area contributed by atoms with Crippen LogP contribution < -0.4 is 5.32 Å². The smallest absolute Gasteiger partial charge is 0.202 e. The summed E-state index contributed by atoms with van der Waals surface area (Å²) in [6.07, 6.45) is 3.69. The van der Waals surface area contributed by atoms with E-state index < -0.39 is 0 Å². The largest absolute Gasteiger partial charge is 0.359 e. The maximum absolute atomic E-state index is 6.08. The van der Waals surface area contributed by atoms with Crippen molar-refractivity contribution >= 4 is 17.5 Å². The minimum Gasteiger partial charge on any atom is -0.359 e. The van der Waals surface area contributed by atoms with Gasteiger partial charge in [0.05, 0.1) is 6.54 Å². The van der Waals surface area contributed by atoms with Crippen molar-refractivity contribution in [3.05, 3.63) is 47.2 Å². The monoisotopic (exact) mass is 221 g/mol. The molecule has 2 rings (SSSR count). The van der Waals surface area contributed by atoms with Gasteiger partial charge in [0.25, 0.3) is 0 Å². The molecular formula is C11H12ClN3. The standard InChI is InChI=1S/C11H12ClN3/c1-13-11-14-6-7-15(11)8-9-4-2-3-5-10(9)12/h2-7H,8H2,1H3,(H,13,14). The minimum atomic E-state index is 0.732. The molecular weight excluding hydrogens is 210 g/mol. The van der Waals surface area contributed by atoms with Crippen LogP contribution in [-0.4, -0.2) is 16.6 Å². The van der Waals surface area contributed by atoms with Crippen LogP contribution in [0.1, 0.15) is 5.56 Å². The summed E-state index contributed by atoms with van der Waals surface area (Å²) < 4.78 is 2.02. The molecule has 1 N–H and O–H groups in total. The summed E-state index contributed by atoms with van der Waals surface area (Å²) in [5.74, 6) is 0.843. The zero-order valence-electron chi connectivity index (χ0n) is 8.44. The lowest BCUT2D eigenvalue weighted by Crippen LogP contribution is -2.04. The summed E-state index contributed by atoms with van der Waals surface area (Å²) in [5.41, 5.74) is 1.09. The molecule has 3 nitrogen and oxygen atoms in total. The first-order valence-corrected chi connectivity index (χ1v) is 5.11. The van der Waals surface area contributed by atoms with Gasteiger partial charge in [0.15, 0.2) is 0 Å². The maximum Gasteiger partial charge on any atom is 0.202 e. The van der Waals surface area contributed by atoms with Crippen molar-refractivity contribution < 1.29 is 0 Å². The molecule has 2 aromatic rings. The Labute approximate surface area is 93.7 Å². The van der Waals surface area contributed by atoms with E-state index in [9.17, 15) is 0 Å². The Balaban J connectivity index is 2.26. The molecule has 0 bridgehead atoms. The van der Waals surface area contributed by atoms with Crippen LogP contribution >= 0.6 is 11.6 Å². The lowest BCUT2D eigenvalue weighted by Gasteiger charge is -2.08. The van der Waals surface area contributed by atoms with Crippen molar-refractivity contribution in [3.8, 4) is 0 Å². The van der Waals surface area contributed by atoms with E-state index in [-0.39, 0.29) is 0 Å². The highest BCUT2D eigenvalue weighted by Crippen LogP contribution is 2.17. The second-order valence-corrected chi connectivity index (χ2v) is 3.63. The number of hydrogen-bond donors (Lipinski definition) is 1. The summed E-state index contributed by atoms with van der Waals surface area (Å²) in [7, 11) is 1.85. The zero-order valence-corrected chi connectivity index (χ0v) is 9.20. The number of rotatable bonds is 3. The topological polar surface area (TPSA) is 29.9 Å². The van der Waals surface area contributed by atoms with Crippen LogP contribution in [0.2, 0.25) is 5.02 Å². The molecule has 78 valence electrons. The van der Waals surface area contributed by atoms with Gasteiger partial charge in [-0.05, 0) is 11.6 Å². The van der Waals surface area contributed by atoms with Gasteiger partial charge in [-0.15, -0.1) is 0 Å². The summed E-state index contributed by atoms with van der Waals surface area (Å²) >= 11 is 6.08. The molecule has 0 aliphatic heterocycles. The number of halogens is 1. The third kappa shape index (κ3) is 2.13. The molecule has 4 heteroatoms. The van der Waals surface area contributed by atoms with Crippen molar-refractivity contribution in [2.24, 2.45) is 0 Å². The number of imidazole rings is 1. The normalized spacial score (nSPS) is 10.3. The Hall–Kier alpha value is -1.48. The van der Waals surface area contributed by atoms with Crippen LogP contribution in [0.5, 0.6) is 0 Å². The second-order valence-electron chi connectivity index (χ2n) is 3.22. The lowest BCUT2D eigenvalue weighted by molar-refractivity contribution is 0.805. The molecule has 0 saturated carbocycles. The highest BCUT2D eigenvalue weighted by molar-refractivity contribution is 6.31. The van der Waals surface area contributed by atoms with E-state index in [4.69, 9.17) is 11.6 Å². The Kier molecular flexibility index (Phi) is 2.92. The fourth-order valence-electron chi connectivity index (χ4n) is 1.48. The third-order valence-electron chi connectivity index (χ3n) is 2.24. The van der Waals surface area contributed by atoms with E-state index in [1.165, 1.54) is 0 Å². The maximum atomic E-state index is 6.08. The van der Waals surface area contributed by atoms with Crippen LogP contribution in [0.3, 0.4) is 0 Å². The Morgan fingerprint density at radius 3 is 2.93 bits per heavy atom. The van der Waals surface area contributed by atoms with E-state index in [1.54, 1.807) is 6.20 Å². The molecule has 1 aromatic carbocycles. The van der Waals surface area contributed by atoms with E-state index >= 15 is 0 Å². The van der Waals surface area contributed by atoms with Gasteiger partial charge >= 0.3 is 0 Å². The van der Waals surface area contributed by atoms with Crippen LogP contribution in [0.4, 0.5) is 5.95 Å². The number of aromatic nitrogens is 2. The molecule has 0 spiro atoms. The molecule has 1 heterocycles. The molecule has 0 radical (unpaired) electrons. The average Bonchev–Trinajstić information content (AvgIpc) is 2.69. The summed E-state index contributed by atoms with van der Waals surface area (Å²) in [6.45, 7) is 0.732. The average molecular weight is 222 g/mol. The van der Waals surface area contributed by atoms with E-state index in [2.05, 4.69) is 10.3 Å². The number of anilines is 1.